The Kier molecular flexibility index (Phi) is 5.18. The molecule has 2 aromatic carbocycles. The van der Waals surface area contributed by atoms with Crippen LogP contribution in [-0.2, 0) is 0 Å². The molecule has 0 fully saturated rings. The second kappa shape index (κ2) is 6.70. The maximum atomic E-state index is 13.8. The van der Waals surface area contributed by atoms with E-state index < -0.39 is 17.7 Å². The van der Waals surface area contributed by atoms with E-state index in [1.165, 1.54) is 30.8 Å². The molecule has 0 aliphatic heterocycles. The highest BCUT2D eigenvalue weighted by atomic mass is 79.9. The second-order valence-electron chi connectivity index (χ2n) is 4.38. The van der Waals surface area contributed by atoms with Crippen molar-refractivity contribution in [2.75, 3.05) is 5.75 Å². The molecule has 0 saturated heterocycles. The van der Waals surface area contributed by atoms with Gasteiger partial charge in [-0.2, -0.15) is 0 Å². The van der Waals surface area contributed by atoms with E-state index in [9.17, 15) is 13.9 Å². The van der Waals surface area contributed by atoms with Crippen molar-refractivity contribution < 1.29 is 13.9 Å². The lowest BCUT2D eigenvalue weighted by molar-refractivity contribution is 0.197. The molecule has 0 heterocycles. The van der Waals surface area contributed by atoms with E-state index >= 15 is 0 Å². The van der Waals surface area contributed by atoms with Crippen molar-refractivity contribution in [2.24, 2.45) is 0 Å². The third-order valence-corrected chi connectivity index (χ3v) is 4.43. The number of aryl methyl sites for hydroxylation is 1. The largest absolute Gasteiger partial charge is 0.387 e. The Morgan fingerprint density at radius 2 is 1.95 bits per heavy atom. The standard InChI is InChI=1S/C15H13BrF2OS/c1-9-5-6-12(15(18)14(9)17)13(19)8-20-11-4-2-3-10(16)7-11/h2-7,13,19H,8H2,1H3. The lowest BCUT2D eigenvalue weighted by Crippen LogP contribution is -2.06. The molecular weight excluding hydrogens is 346 g/mol. The van der Waals surface area contributed by atoms with E-state index in [4.69, 9.17) is 0 Å². The van der Waals surface area contributed by atoms with Crippen LogP contribution in [0.15, 0.2) is 45.8 Å². The van der Waals surface area contributed by atoms with Crippen LogP contribution < -0.4 is 0 Å². The number of aliphatic hydroxyl groups excluding tert-OH is 1. The normalized spacial score (nSPS) is 12.4. The Hall–Kier alpha value is -0.910. The molecule has 0 aliphatic carbocycles. The van der Waals surface area contributed by atoms with Crippen molar-refractivity contribution in [1.82, 2.24) is 0 Å². The van der Waals surface area contributed by atoms with Gasteiger partial charge in [0.05, 0.1) is 6.10 Å². The van der Waals surface area contributed by atoms with Gasteiger partial charge in [-0.15, -0.1) is 11.8 Å². The first kappa shape index (κ1) is 15.5. The van der Waals surface area contributed by atoms with Gasteiger partial charge in [0.2, 0.25) is 0 Å². The molecule has 20 heavy (non-hydrogen) atoms. The Morgan fingerprint density at radius 3 is 2.65 bits per heavy atom. The van der Waals surface area contributed by atoms with Crippen molar-refractivity contribution in [2.45, 2.75) is 17.9 Å². The number of aliphatic hydroxyl groups is 1. The van der Waals surface area contributed by atoms with Gasteiger partial charge in [0.1, 0.15) is 0 Å². The van der Waals surface area contributed by atoms with Crippen molar-refractivity contribution >= 4 is 27.7 Å². The van der Waals surface area contributed by atoms with Crippen LogP contribution >= 0.6 is 27.7 Å². The molecule has 0 radical (unpaired) electrons. The fourth-order valence-corrected chi connectivity index (χ4v) is 3.21. The molecule has 0 amide bonds. The van der Waals surface area contributed by atoms with Crippen molar-refractivity contribution in [3.05, 3.63) is 63.6 Å². The van der Waals surface area contributed by atoms with Crippen molar-refractivity contribution in [3.8, 4) is 0 Å². The molecule has 1 unspecified atom stereocenters. The van der Waals surface area contributed by atoms with Crippen LogP contribution in [0.3, 0.4) is 0 Å². The molecule has 2 rings (SSSR count). The third kappa shape index (κ3) is 3.59. The molecule has 5 heteroatoms. The summed E-state index contributed by atoms with van der Waals surface area (Å²) in [5.41, 5.74) is 0.230. The number of thioether (sulfide) groups is 1. The topological polar surface area (TPSA) is 20.2 Å². The highest BCUT2D eigenvalue weighted by molar-refractivity contribution is 9.10. The van der Waals surface area contributed by atoms with E-state index in [2.05, 4.69) is 15.9 Å². The number of hydrogen-bond donors (Lipinski definition) is 1. The Bertz CT molecular complexity index is 619. The summed E-state index contributed by atoms with van der Waals surface area (Å²) in [6, 6.07) is 10.5. The zero-order valence-corrected chi connectivity index (χ0v) is 13.1. The van der Waals surface area contributed by atoms with Crippen molar-refractivity contribution in [1.29, 1.82) is 0 Å². The Balaban J connectivity index is 2.09. The highest BCUT2D eigenvalue weighted by Crippen LogP contribution is 2.29. The first-order valence-electron chi connectivity index (χ1n) is 6.00. The van der Waals surface area contributed by atoms with Crippen LogP contribution in [0.4, 0.5) is 8.78 Å². The summed E-state index contributed by atoms with van der Waals surface area (Å²) >= 11 is 4.74. The van der Waals surface area contributed by atoms with Gasteiger partial charge in [-0.1, -0.05) is 34.1 Å². The minimum absolute atomic E-state index is 0.00408. The predicted octanol–water partition coefficient (Wildman–Crippen LogP) is 4.86. The summed E-state index contributed by atoms with van der Waals surface area (Å²) < 4.78 is 28.2. The summed E-state index contributed by atoms with van der Waals surface area (Å²) in [6.07, 6.45) is -1.05. The SMILES string of the molecule is Cc1ccc(C(O)CSc2cccc(Br)c2)c(F)c1F. The fraction of sp³-hybridized carbons (Fsp3) is 0.200. The average Bonchev–Trinajstić information content (AvgIpc) is 2.42. The van der Waals surface area contributed by atoms with Gasteiger partial charge in [0.15, 0.2) is 11.6 Å². The summed E-state index contributed by atoms with van der Waals surface area (Å²) in [6.45, 7) is 1.49. The number of rotatable bonds is 4. The molecule has 1 nitrogen and oxygen atoms in total. The highest BCUT2D eigenvalue weighted by Gasteiger charge is 2.17. The monoisotopic (exact) mass is 358 g/mol. The van der Waals surface area contributed by atoms with Crippen LogP contribution in [-0.4, -0.2) is 10.9 Å². The van der Waals surface area contributed by atoms with Crippen LogP contribution in [0, 0.1) is 18.6 Å². The molecule has 2 aromatic rings. The van der Waals surface area contributed by atoms with Crippen LogP contribution in [0.25, 0.3) is 0 Å². The number of benzene rings is 2. The van der Waals surface area contributed by atoms with Crippen LogP contribution in [0.5, 0.6) is 0 Å². The first-order valence-corrected chi connectivity index (χ1v) is 7.78. The number of hydrogen-bond acceptors (Lipinski definition) is 2. The summed E-state index contributed by atoms with van der Waals surface area (Å²) in [4.78, 5) is 0.950. The van der Waals surface area contributed by atoms with E-state index in [1.54, 1.807) is 0 Å². The maximum absolute atomic E-state index is 13.8. The van der Waals surface area contributed by atoms with E-state index in [-0.39, 0.29) is 16.9 Å². The molecule has 1 N–H and O–H groups in total. The Morgan fingerprint density at radius 1 is 1.20 bits per heavy atom. The van der Waals surface area contributed by atoms with E-state index in [0.717, 1.165) is 9.37 Å². The number of halogens is 3. The quantitative estimate of drug-likeness (QED) is 0.787. The molecule has 106 valence electrons. The average molecular weight is 359 g/mol. The summed E-state index contributed by atoms with van der Waals surface area (Å²) in [7, 11) is 0. The van der Waals surface area contributed by atoms with Gasteiger partial charge in [0.25, 0.3) is 0 Å². The maximum Gasteiger partial charge on any atom is 0.164 e. The van der Waals surface area contributed by atoms with Gasteiger partial charge < -0.3 is 5.11 Å². The molecule has 0 saturated carbocycles. The van der Waals surface area contributed by atoms with Gasteiger partial charge in [-0.05, 0) is 30.7 Å². The minimum atomic E-state index is -1.05. The third-order valence-electron chi connectivity index (χ3n) is 2.87. The molecular formula is C15H13BrF2OS. The van der Waals surface area contributed by atoms with Gasteiger partial charge in [-0.3, -0.25) is 0 Å². The van der Waals surface area contributed by atoms with E-state index in [1.807, 2.05) is 24.3 Å². The lowest BCUT2D eigenvalue weighted by atomic mass is 10.1. The Labute approximate surface area is 129 Å². The second-order valence-corrected chi connectivity index (χ2v) is 6.39. The molecule has 0 aromatic heterocycles. The minimum Gasteiger partial charge on any atom is -0.387 e. The fourth-order valence-electron chi connectivity index (χ4n) is 1.74. The van der Waals surface area contributed by atoms with Crippen LogP contribution in [0.1, 0.15) is 17.2 Å². The van der Waals surface area contributed by atoms with Crippen LogP contribution in [0.2, 0.25) is 0 Å². The molecule has 1 atom stereocenters. The zero-order chi connectivity index (χ0) is 14.7. The lowest BCUT2D eigenvalue weighted by Gasteiger charge is -2.13. The van der Waals surface area contributed by atoms with Gasteiger partial charge >= 0.3 is 0 Å². The van der Waals surface area contributed by atoms with Gasteiger partial charge in [-0.25, -0.2) is 8.78 Å². The summed E-state index contributed by atoms with van der Waals surface area (Å²) in [5.74, 6) is -1.60. The predicted molar refractivity (Wildman–Crippen MR) is 80.9 cm³/mol. The first-order chi connectivity index (χ1) is 9.49. The van der Waals surface area contributed by atoms with Gasteiger partial charge in [0, 0.05) is 20.7 Å². The van der Waals surface area contributed by atoms with E-state index in [0.29, 0.717) is 0 Å². The van der Waals surface area contributed by atoms with Crippen molar-refractivity contribution in [3.63, 3.8) is 0 Å². The zero-order valence-electron chi connectivity index (χ0n) is 10.7. The molecule has 0 spiro atoms. The molecule has 0 aliphatic rings. The smallest absolute Gasteiger partial charge is 0.164 e. The molecule has 0 bridgehead atoms. The summed E-state index contributed by atoms with van der Waals surface area (Å²) in [5, 5.41) is 10.0.